The number of para-hydroxylation sites is 1. The van der Waals surface area contributed by atoms with Crippen molar-refractivity contribution in [2.24, 2.45) is 0 Å². The number of anilines is 1. The highest BCUT2D eigenvalue weighted by molar-refractivity contribution is 6.28. The lowest BCUT2D eigenvalue weighted by atomic mass is 10.0. The van der Waals surface area contributed by atoms with Gasteiger partial charge in [-0.05, 0) is 36.1 Å². The van der Waals surface area contributed by atoms with Gasteiger partial charge in [0, 0.05) is 6.54 Å². The van der Waals surface area contributed by atoms with Crippen molar-refractivity contribution in [1.82, 2.24) is 15.0 Å². The van der Waals surface area contributed by atoms with Gasteiger partial charge < -0.3 is 14.8 Å². The Hall–Kier alpha value is -2.08. The van der Waals surface area contributed by atoms with Gasteiger partial charge in [-0.1, -0.05) is 12.1 Å². The first kappa shape index (κ1) is 12.9. The number of hydrogen-bond donors (Lipinski definition) is 1. The summed E-state index contributed by atoms with van der Waals surface area (Å²) in [6, 6.07) is 6.12. The molecule has 0 amide bonds. The number of aryl methyl sites for hydroxylation is 1. The lowest BCUT2D eigenvalue weighted by Gasteiger charge is -2.20. The molecule has 0 saturated heterocycles. The maximum absolute atomic E-state index is 5.80. The van der Waals surface area contributed by atoms with E-state index in [1.807, 2.05) is 12.1 Å². The molecule has 0 fully saturated rings. The Labute approximate surface area is 121 Å². The lowest BCUT2D eigenvalue weighted by Crippen LogP contribution is -2.12. The Morgan fingerprint density at radius 3 is 2.90 bits per heavy atom. The van der Waals surface area contributed by atoms with Gasteiger partial charge >= 0.3 is 12.0 Å². The molecule has 104 valence electrons. The SMILES string of the molecule is COc1nc(Cl)nc(Oc2cccc3c2NCCC3)n1. The topological polar surface area (TPSA) is 69.2 Å². The van der Waals surface area contributed by atoms with Crippen molar-refractivity contribution in [3.05, 3.63) is 29.0 Å². The number of rotatable bonds is 3. The summed E-state index contributed by atoms with van der Waals surface area (Å²) < 4.78 is 10.7. The Bertz CT molecular complexity index is 636. The van der Waals surface area contributed by atoms with E-state index in [1.165, 1.54) is 12.7 Å². The molecule has 0 spiro atoms. The minimum atomic E-state index is 0.0320. The average molecular weight is 293 g/mol. The van der Waals surface area contributed by atoms with E-state index in [9.17, 15) is 0 Å². The molecule has 6 nitrogen and oxygen atoms in total. The first-order valence-corrected chi connectivity index (χ1v) is 6.63. The fourth-order valence-electron chi connectivity index (χ4n) is 2.11. The van der Waals surface area contributed by atoms with Crippen molar-refractivity contribution in [3.63, 3.8) is 0 Å². The summed E-state index contributed by atoms with van der Waals surface area (Å²) in [6.07, 6.45) is 2.14. The Kier molecular flexibility index (Phi) is 3.56. The van der Waals surface area contributed by atoms with Gasteiger partial charge in [-0.3, -0.25) is 0 Å². The van der Waals surface area contributed by atoms with E-state index in [2.05, 4.69) is 26.3 Å². The van der Waals surface area contributed by atoms with Crippen LogP contribution in [0.3, 0.4) is 0 Å². The van der Waals surface area contributed by atoms with Gasteiger partial charge in [0.1, 0.15) is 0 Å². The number of ether oxygens (including phenoxy) is 2. The molecule has 1 aromatic carbocycles. The molecular weight excluding hydrogens is 280 g/mol. The first-order chi connectivity index (χ1) is 9.76. The minimum Gasteiger partial charge on any atom is -0.467 e. The maximum Gasteiger partial charge on any atom is 0.329 e. The second kappa shape index (κ2) is 5.50. The van der Waals surface area contributed by atoms with E-state index >= 15 is 0 Å². The zero-order valence-electron chi connectivity index (χ0n) is 10.9. The van der Waals surface area contributed by atoms with Crippen LogP contribution >= 0.6 is 11.6 Å². The van der Waals surface area contributed by atoms with Crippen LogP contribution in [0.4, 0.5) is 5.69 Å². The van der Waals surface area contributed by atoms with Gasteiger partial charge in [-0.25, -0.2) is 0 Å². The molecule has 1 aliphatic heterocycles. The smallest absolute Gasteiger partial charge is 0.329 e. The van der Waals surface area contributed by atoms with Crippen LogP contribution in [0.15, 0.2) is 18.2 Å². The van der Waals surface area contributed by atoms with Crippen LogP contribution in [0, 0.1) is 0 Å². The molecule has 3 rings (SSSR count). The molecule has 0 atom stereocenters. The highest BCUT2D eigenvalue weighted by atomic mass is 35.5. The number of halogens is 1. The second-order valence-electron chi connectivity index (χ2n) is 4.30. The summed E-state index contributed by atoms with van der Waals surface area (Å²) in [5.41, 5.74) is 2.20. The Morgan fingerprint density at radius 2 is 2.05 bits per heavy atom. The predicted molar refractivity (Wildman–Crippen MR) is 74.7 cm³/mol. The number of hydrogen-bond acceptors (Lipinski definition) is 6. The number of benzene rings is 1. The summed E-state index contributed by atoms with van der Waals surface area (Å²) in [5.74, 6) is 0.673. The number of methoxy groups -OCH3 is 1. The first-order valence-electron chi connectivity index (χ1n) is 6.25. The molecule has 0 saturated carbocycles. The molecule has 0 bridgehead atoms. The maximum atomic E-state index is 5.80. The Balaban J connectivity index is 1.93. The van der Waals surface area contributed by atoms with Crippen LogP contribution in [0.25, 0.3) is 0 Å². The van der Waals surface area contributed by atoms with E-state index in [4.69, 9.17) is 21.1 Å². The van der Waals surface area contributed by atoms with Gasteiger partial charge in [-0.2, -0.15) is 9.97 Å². The molecule has 7 heteroatoms. The molecule has 2 aromatic rings. The Morgan fingerprint density at radius 1 is 1.20 bits per heavy atom. The van der Waals surface area contributed by atoms with Crippen LogP contribution in [0.1, 0.15) is 12.0 Å². The third kappa shape index (κ3) is 2.60. The predicted octanol–water partition coefficient (Wildman–Crippen LogP) is 2.68. The quantitative estimate of drug-likeness (QED) is 0.938. The molecule has 1 aromatic heterocycles. The molecule has 20 heavy (non-hydrogen) atoms. The third-order valence-electron chi connectivity index (χ3n) is 2.99. The fraction of sp³-hybridized carbons (Fsp3) is 0.308. The van der Waals surface area contributed by atoms with Crippen molar-refractivity contribution in [2.45, 2.75) is 12.8 Å². The van der Waals surface area contributed by atoms with Crippen molar-refractivity contribution < 1.29 is 9.47 Å². The van der Waals surface area contributed by atoms with Crippen LogP contribution < -0.4 is 14.8 Å². The van der Waals surface area contributed by atoms with E-state index in [1.54, 1.807) is 0 Å². The van der Waals surface area contributed by atoms with E-state index in [-0.39, 0.29) is 17.3 Å². The number of fused-ring (bicyclic) bond motifs is 1. The molecule has 1 aliphatic rings. The standard InChI is InChI=1S/C13H13ClN4O2/c1-19-12-16-11(14)17-13(18-12)20-9-6-2-4-8-5-3-7-15-10(8)9/h2,4,6,15H,3,5,7H2,1H3. The van der Waals surface area contributed by atoms with Gasteiger partial charge in [-0.15, -0.1) is 4.98 Å². The molecule has 1 N–H and O–H groups in total. The highest BCUT2D eigenvalue weighted by Gasteiger charge is 2.15. The van der Waals surface area contributed by atoms with Crippen molar-refractivity contribution in [3.8, 4) is 17.8 Å². The summed E-state index contributed by atoms with van der Waals surface area (Å²) in [5, 5.41) is 3.37. The average Bonchev–Trinajstić information content (AvgIpc) is 2.47. The lowest BCUT2D eigenvalue weighted by molar-refractivity contribution is 0.359. The number of nitrogens with zero attached hydrogens (tertiary/aromatic N) is 3. The van der Waals surface area contributed by atoms with Crippen LogP contribution in [0.5, 0.6) is 17.8 Å². The van der Waals surface area contributed by atoms with Crippen LogP contribution in [-0.2, 0) is 6.42 Å². The summed E-state index contributed by atoms with van der Waals surface area (Å²) >= 11 is 5.80. The van der Waals surface area contributed by atoms with E-state index in [0.29, 0.717) is 5.75 Å². The van der Waals surface area contributed by atoms with Gasteiger partial charge in [0.05, 0.1) is 12.8 Å². The normalized spacial score (nSPS) is 13.3. The second-order valence-corrected chi connectivity index (χ2v) is 4.63. The van der Waals surface area contributed by atoms with Gasteiger partial charge in [0.25, 0.3) is 0 Å². The molecule has 2 heterocycles. The molecule has 0 aliphatic carbocycles. The van der Waals surface area contributed by atoms with Crippen molar-refractivity contribution >= 4 is 17.3 Å². The highest BCUT2D eigenvalue weighted by Crippen LogP contribution is 2.34. The van der Waals surface area contributed by atoms with Crippen LogP contribution in [0.2, 0.25) is 5.28 Å². The monoisotopic (exact) mass is 292 g/mol. The number of nitrogens with one attached hydrogen (secondary N) is 1. The third-order valence-corrected chi connectivity index (χ3v) is 3.16. The van der Waals surface area contributed by atoms with Crippen LogP contribution in [-0.4, -0.2) is 28.6 Å². The molecular formula is C13H13ClN4O2. The van der Waals surface area contributed by atoms with Crippen molar-refractivity contribution in [1.29, 1.82) is 0 Å². The molecule has 0 unspecified atom stereocenters. The van der Waals surface area contributed by atoms with E-state index < -0.39 is 0 Å². The van der Waals surface area contributed by atoms with Gasteiger partial charge in [0.2, 0.25) is 5.28 Å². The molecule has 0 radical (unpaired) electrons. The number of aromatic nitrogens is 3. The summed E-state index contributed by atoms with van der Waals surface area (Å²) in [6.45, 7) is 0.925. The van der Waals surface area contributed by atoms with Crippen molar-refractivity contribution in [2.75, 3.05) is 19.0 Å². The summed E-state index contributed by atoms with van der Waals surface area (Å²) in [4.78, 5) is 11.8. The minimum absolute atomic E-state index is 0.0320. The summed E-state index contributed by atoms with van der Waals surface area (Å²) in [7, 11) is 1.46. The van der Waals surface area contributed by atoms with Gasteiger partial charge in [0.15, 0.2) is 5.75 Å². The van der Waals surface area contributed by atoms with E-state index in [0.717, 1.165) is 25.1 Å². The largest absolute Gasteiger partial charge is 0.467 e. The zero-order valence-corrected chi connectivity index (χ0v) is 11.6. The fourth-order valence-corrected chi connectivity index (χ4v) is 2.26. The zero-order chi connectivity index (χ0) is 13.9.